The molecule has 0 spiro atoms. The Kier molecular flexibility index (Phi) is 7.52. The van der Waals surface area contributed by atoms with Crippen molar-refractivity contribution in [1.29, 1.82) is 0 Å². The van der Waals surface area contributed by atoms with E-state index in [0.29, 0.717) is 38.1 Å². The Morgan fingerprint density at radius 2 is 1.50 bits per heavy atom. The highest BCUT2D eigenvalue weighted by Gasteiger charge is 2.37. The molecule has 1 amide bonds. The normalized spacial score (nSPS) is 20.9. The number of halogens is 6. The summed E-state index contributed by atoms with van der Waals surface area (Å²) in [5.41, 5.74) is -3.13. The van der Waals surface area contributed by atoms with Gasteiger partial charge in [-0.2, -0.15) is 26.3 Å². The van der Waals surface area contributed by atoms with Crippen molar-refractivity contribution in [2.24, 2.45) is 5.92 Å². The zero-order valence-corrected chi connectivity index (χ0v) is 17.5. The summed E-state index contributed by atoms with van der Waals surface area (Å²) in [6.45, 7) is 1.81. The van der Waals surface area contributed by atoms with Crippen molar-refractivity contribution < 1.29 is 35.9 Å². The predicted molar refractivity (Wildman–Crippen MR) is 105 cm³/mol. The zero-order valence-electron chi connectivity index (χ0n) is 17.5. The molecule has 2 aliphatic rings. The van der Waals surface area contributed by atoms with E-state index in [1.165, 1.54) is 0 Å². The van der Waals surface area contributed by atoms with Crippen LogP contribution in [-0.2, 0) is 28.4 Å². The molecule has 0 saturated carbocycles. The molecular formula is C22H26F6N2O2. The molecule has 4 nitrogen and oxygen atoms in total. The number of amides is 1. The van der Waals surface area contributed by atoms with E-state index in [4.69, 9.17) is 0 Å². The summed E-state index contributed by atoms with van der Waals surface area (Å²) >= 11 is 0. The maximum absolute atomic E-state index is 13.0. The van der Waals surface area contributed by atoms with Gasteiger partial charge in [0.1, 0.15) is 5.78 Å². The number of likely N-dealkylation sites (tertiary alicyclic amines) is 1. The first-order valence-electron chi connectivity index (χ1n) is 10.8. The molecule has 0 unspecified atom stereocenters. The molecule has 0 radical (unpaired) electrons. The highest BCUT2D eigenvalue weighted by Crippen LogP contribution is 2.36. The number of carbonyl (C=O) groups excluding carboxylic acids is 2. The van der Waals surface area contributed by atoms with Crippen molar-refractivity contribution in [2.45, 2.75) is 63.3 Å². The first-order chi connectivity index (χ1) is 14.9. The second-order valence-corrected chi connectivity index (χ2v) is 8.60. The summed E-state index contributed by atoms with van der Waals surface area (Å²) < 4.78 is 78.0. The van der Waals surface area contributed by atoms with Gasteiger partial charge in [0.25, 0.3) is 0 Å². The lowest BCUT2D eigenvalue weighted by molar-refractivity contribution is -0.143. The summed E-state index contributed by atoms with van der Waals surface area (Å²) in [6.07, 6.45) is -6.28. The van der Waals surface area contributed by atoms with E-state index in [1.807, 2.05) is 0 Å². The molecule has 2 heterocycles. The van der Waals surface area contributed by atoms with E-state index in [1.54, 1.807) is 4.90 Å². The van der Waals surface area contributed by atoms with Crippen LogP contribution in [0.2, 0.25) is 0 Å². The number of alkyl halides is 6. The van der Waals surface area contributed by atoms with Crippen LogP contribution in [0.3, 0.4) is 0 Å². The molecule has 2 fully saturated rings. The van der Waals surface area contributed by atoms with E-state index in [9.17, 15) is 35.9 Å². The lowest BCUT2D eigenvalue weighted by Crippen LogP contribution is -2.50. The number of Topliss-reactive ketones (excluding diaryl/α,β-unsaturated/α-hetero) is 1. The Morgan fingerprint density at radius 1 is 0.906 bits per heavy atom. The van der Waals surface area contributed by atoms with Gasteiger partial charge in [0.05, 0.1) is 17.2 Å². The average molecular weight is 464 g/mol. The summed E-state index contributed by atoms with van der Waals surface area (Å²) in [4.78, 5) is 26.7. The van der Waals surface area contributed by atoms with Crippen molar-refractivity contribution in [2.75, 3.05) is 19.6 Å². The van der Waals surface area contributed by atoms with Gasteiger partial charge in [-0.05, 0) is 61.9 Å². The predicted octanol–water partition coefficient (Wildman–Crippen LogP) is 4.61. The number of nitrogens with zero attached hydrogens (tertiary/aromatic N) is 1. The first kappa shape index (κ1) is 24.5. The highest BCUT2D eigenvalue weighted by molar-refractivity contribution is 5.82. The second kappa shape index (κ2) is 9.80. The molecule has 3 rings (SSSR count). The lowest BCUT2D eigenvalue weighted by atomic mass is 9.89. The van der Waals surface area contributed by atoms with Gasteiger partial charge in [-0.15, -0.1) is 0 Å². The fraction of sp³-hybridized carbons (Fsp3) is 0.636. The average Bonchev–Trinajstić information content (AvgIpc) is 2.73. The highest BCUT2D eigenvalue weighted by atomic mass is 19.4. The van der Waals surface area contributed by atoms with Crippen molar-refractivity contribution in [3.8, 4) is 0 Å². The number of nitrogens with one attached hydrogen (secondary N) is 1. The van der Waals surface area contributed by atoms with Gasteiger partial charge < -0.3 is 10.2 Å². The third-order valence-corrected chi connectivity index (χ3v) is 6.10. The van der Waals surface area contributed by atoms with Crippen molar-refractivity contribution in [1.82, 2.24) is 10.2 Å². The SMILES string of the molecule is O=C(Cc1cc(C(F)(F)F)cc(C(F)(F)F)c1)CC1CCN(C(=O)[C@@H]2CCCCN2)CC1. The molecule has 1 aromatic rings. The summed E-state index contributed by atoms with van der Waals surface area (Å²) in [5, 5.41) is 3.21. The van der Waals surface area contributed by atoms with E-state index in [2.05, 4.69) is 5.32 Å². The Balaban J connectivity index is 1.56. The minimum absolute atomic E-state index is 0.0428. The fourth-order valence-electron chi connectivity index (χ4n) is 4.38. The number of carbonyl (C=O) groups is 2. The monoisotopic (exact) mass is 464 g/mol. The molecule has 32 heavy (non-hydrogen) atoms. The molecule has 10 heteroatoms. The molecule has 2 aliphatic heterocycles. The van der Waals surface area contributed by atoms with Gasteiger partial charge in [-0.25, -0.2) is 0 Å². The van der Waals surface area contributed by atoms with E-state index in [-0.39, 0.29) is 35.9 Å². The van der Waals surface area contributed by atoms with Gasteiger partial charge >= 0.3 is 12.4 Å². The first-order valence-corrected chi connectivity index (χ1v) is 10.8. The smallest absolute Gasteiger partial charge is 0.341 e. The van der Waals surface area contributed by atoms with E-state index < -0.39 is 35.7 Å². The molecule has 0 aromatic heterocycles. The van der Waals surface area contributed by atoms with Crippen molar-refractivity contribution in [3.05, 3.63) is 34.9 Å². The molecule has 1 aromatic carbocycles. The Labute approximate surface area is 182 Å². The van der Waals surface area contributed by atoms with Gasteiger partial charge in [0, 0.05) is 25.9 Å². The van der Waals surface area contributed by atoms with Crippen LogP contribution in [0.25, 0.3) is 0 Å². The summed E-state index contributed by atoms with van der Waals surface area (Å²) in [7, 11) is 0. The van der Waals surface area contributed by atoms with Gasteiger partial charge in [0.2, 0.25) is 5.91 Å². The number of hydrogen-bond acceptors (Lipinski definition) is 3. The molecule has 0 bridgehead atoms. The number of ketones is 1. The largest absolute Gasteiger partial charge is 0.416 e. The topological polar surface area (TPSA) is 49.4 Å². The lowest BCUT2D eigenvalue weighted by Gasteiger charge is -2.35. The van der Waals surface area contributed by atoms with Crippen LogP contribution >= 0.6 is 0 Å². The van der Waals surface area contributed by atoms with Crippen LogP contribution in [0.4, 0.5) is 26.3 Å². The maximum atomic E-state index is 13.0. The fourth-order valence-corrected chi connectivity index (χ4v) is 4.38. The number of rotatable bonds is 5. The quantitative estimate of drug-likeness (QED) is 0.648. The second-order valence-electron chi connectivity index (χ2n) is 8.60. The van der Waals surface area contributed by atoms with Gasteiger partial charge in [-0.1, -0.05) is 6.42 Å². The summed E-state index contributed by atoms with van der Waals surface area (Å²) in [6, 6.07) is 1.09. The van der Waals surface area contributed by atoms with E-state index in [0.717, 1.165) is 25.8 Å². The van der Waals surface area contributed by atoms with Crippen LogP contribution in [0.5, 0.6) is 0 Å². The Hall–Kier alpha value is -2.10. The van der Waals surface area contributed by atoms with Gasteiger partial charge in [0.15, 0.2) is 0 Å². The van der Waals surface area contributed by atoms with Crippen LogP contribution in [0.15, 0.2) is 18.2 Å². The van der Waals surface area contributed by atoms with Crippen LogP contribution in [0.1, 0.15) is 55.2 Å². The van der Waals surface area contributed by atoms with Gasteiger partial charge in [-0.3, -0.25) is 9.59 Å². The van der Waals surface area contributed by atoms with Crippen molar-refractivity contribution >= 4 is 11.7 Å². The van der Waals surface area contributed by atoms with Crippen LogP contribution in [-0.4, -0.2) is 42.3 Å². The third-order valence-electron chi connectivity index (χ3n) is 6.10. The van der Waals surface area contributed by atoms with Crippen LogP contribution < -0.4 is 5.32 Å². The van der Waals surface area contributed by atoms with E-state index >= 15 is 0 Å². The number of hydrogen-bond donors (Lipinski definition) is 1. The Bertz CT molecular complexity index is 790. The molecule has 1 N–H and O–H groups in total. The molecule has 178 valence electrons. The number of benzene rings is 1. The number of piperidine rings is 2. The zero-order chi connectivity index (χ0) is 23.5. The third kappa shape index (κ3) is 6.46. The standard InChI is InChI=1S/C22H26F6N2O2/c23-21(24,25)16-9-15(10-17(13-16)22(26,27)28)12-18(31)11-14-4-7-30(8-5-14)20(32)19-3-1-2-6-29-19/h9-10,13-14,19,29H,1-8,11-12H2/t19-/m0/s1. The molecule has 2 saturated heterocycles. The summed E-state index contributed by atoms with van der Waals surface area (Å²) in [5.74, 6) is -0.395. The molecular weight excluding hydrogens is 438 g/mol. The molecule has 0 aliphatic carbocycles. The minimum atomic E-state index is -4.94. The maximum Gasteiger partial charge on any atom is 0.416 e. The minimum Gasteiger partial charge on any atom is -0.341 e. The van der Waals surface area contributed by atoms with Crippen LogP contribution in [0, 0.1) is 5.92 Å². The Morgan fingerprint density at radius 3 is 2.00 bits per heavy atom. The van der Waals surface area contributed by atoms with Crippen molar-refractivity contribution in [3.63, 3.8) is 0 Å². The molecule has 1 atom stereocenters.